The monoisotopic (exact) mass is 477 g/mol. The molecule has 0 saturated heterocycles. The molecule has 0 radical (unpaired) electrons. The van der Waals surface area contributed by atoms with E-state index in [0.29, 0.717) is 11.6 Å². The van der Waals surface area contributed by atoms with Crippen LogP contribution < -0.4 is 5.01 Å². The molecule has 1 saturated carbocycles. The van der Waals surface area contributed by atoms with Crippen LogP contribution in [-0.4, -0.2) is 47.9 Å². The van der Waals surface area contributed by atoms with E-state index in [1.54, 1.807) is 18.6 Å². The van der Waals surface area contributed by atoms with Crippen molar-refractivity contribution in [2.75, 3.05) is 18.1 Å². The summed E-state index contributed by atoms with van der Waals surface area (Å²) in [4.78, 5) is 12.8. The van der Waals surface area contributed by atoms with Crippen molar-refractivity contribution in [3.63, 3.8) is 0 Å². The molecule has 0 aliphatic heterocycles. The molecular weight excluding hydrogens is 448 g/mol. The van der Waals surface area contributed by atoms with Gasteiger partial charge in [0.05, 0.1) is 11.2 Å². The molecule has 178 valence electrons. The summed E-state index contributed by atoms with van der Waals surface area (Å²) < 4.78 is 23.6. The van der Waals surface area contributed by atoms with Gasteiger partial charge in [-0.1, -0.05) is 50.3 Å². The Balaban J connectivity index is 1.94. The Labute approximate surface area is 202 Å². The molecule has 2 aromatic heterocycles. The van der Waals surface area contributed by atoms with Crippen molar-refractivity contribution in [3.05, 3.63) is 48.2 Å². The summed E-state index contributed by atoms with van der Waals surface area (Å²) in [6.07, 6.45) is 10.7. The predicted molar refractivity (Wildman–Crippen MR) is 132 cm³/mol. The topological polar surface area (TPSA) is 109 Å². The van der Waals surface area contributed by atoms with Crippen molar-refractivity contribution in [1.82, 2.24) is 20.0 Å². The highest BCUT2D eigenvalue weighted by molar-refractivity contribution is 7.78. The highest BCUT2D eigenvalue weighted by Crippen LogP contribution is 2.38. The minimum atomic E-state index is -2.24. The third-order valence-corrected chi connectivity index (χ3v) is 7.00. The fourth-order valence-corrected chi connectivity index (χ4v) is 5.31. The van der Waals surface area contributed by atoms with Gasteiger partial charge in [-0.05, 0) is 30.5 Å². The standard InChI is InChI=1S/C25H30N6O2S/c1-3-30(4-2)31(21-8-6-5-7-9-21)25-20(17-34(32)33)16-27-23-11-10-18(12-22(23)25)19-14-28-24(13-26)29-15-19/h10-12,14-16,21H,3-9,17H2,1-2H3,(H,32,33)/p-1. The average Bonchev–Trinajstić information content (AvgIpc) is 2.87. The predicted octanol–water partition coefficient (Wildman–Crippen LogP) is 4.34. The Kier molecular flexibility index (Phi) is 7.83. The molecule has 1 aromatic carbocycles. The second-order valence-electron chi connectivity index (χ2n) is 8.49. The number of hydrazine groups is 1. The van der Waals surface area contributed by atoms with Gasteiger partial charge in [-0.3, -0.25) is 9.19 Å². The number of nitrogens with zero attached hydrogens (tertiary/aromatic N) is 6. The van der Waals surface area contributed by atoms with Crippen LogP contribution >= 0.6 is 0 Å². The first-order valence-electron chi connectivity index (χ1n) is 11.8. The van der Waals surface area contributed by atoms with E-state index >= 15 is 0 Å². The third kappa shape index (κ3) is 5.09. The number of pyridine rings is 1. The zero-order chi connectivity index (χ0) is 24.1. The Morgan fingerprint density at radius 2 is 1.76 bits per heavy atom. The average molecular weight is 478 g/mol. The maximum atomic E-state index is 11.8. The van der Waals surface area contributed by atoms with Gasteiger partial charge in [0.1, 0.15) is 6.07 Å². The van der Waals surface area contributed by atoms with Crippen LogP contribution in [0.3, 0.4) is 0 Å². The number of fused-ring (bicyclic) bond motifs is 1. The molecule has 0 spiro atoms. The summed E-state index contributed by atoms with van der Waals surface area (Å²) >= 11 is -2.24. The Morgan fingerprint density at radius 3 is 2.38 bits per heavy atom. The van der Waals surface area contributed by atoms with Crippen molar-refractivity contribution < 1.29 is 8.76 Å². The second-order valence-corrected chi connectivity index (χ2v) is 9.39. The molecule has 9 heteroatoms. The first kappa shape index (κ1) is 24.2. The van der Waals surface area contributed by atoms with Gasteiger partial charge in [-0.2, -0.15) is 5.26 Å². The first-order valence-corrected chi connectivity index (χ1v) is 13.0. The molecule has 4 rings (SSSR count). The Bertz CT molecular complexity index is 1200. The summed E-state index contributed by atoms with van der Waals surface area (Å²) in [5.41, 5.74) is 4.11. The number of nitriles is 1. The van der Waals surface area contributed by atoms with E-state index < -0.39 is 11.1 Å². The van der Waals surface area contributed by atoms with Crippen molar-refractivity contribution in [3.8, 4) is 17.2 Å². The van der Waals surface area contributed by atoms with Crippen molar-refractivity contribution in [2.24, 2.45) is 0 Å². The normalized spacial score (nSPS) is 15.4. The molecule has 1 aliphatic rings. The molecule has 1 unspecified atom stereocenters. The largest absolute Gasteiger partial charge is 0.772 e. The van der Waals surface area contributed by atoms with Gasteiger partial charge in [0, 0.05) is 60.0 Å². The number of anilines is 1. The zero-order valence-electron chi connectivity index (χ0n) is 19.6. The lowest BCUT2D eigenvalue weighted by Crippen LogP contribution is -2.50. The van der Waals surface area contributed by atoms with Gasteiger partial charge >= 0.3 is 0 Å². The number of benzene rings is 1. The molecule has 8 nitrogen and oxygen atoms in total. The summed E-state index contributed by atoms with van der Waals surface area (Å²) in [6, 6.07) is 8.20. The van der Waals surface area contributed by atoms with E-state index in [-0.39, 0.29) is 11.6 Å². The highest BCUT2D eigenvalue weighted by atomic mass is 32.2. The number of rotatable bonds is 8. The molecule has 34 heavy (non-hydrogen) atoms. The molecule has 1 aliphatic carbocycles. The van der Waals surface area contributed by atoms with E-state index in [2.05, 4.69) is 38.8 Å². The number of hydrogen-bond acceptors (Lipinski definition) is 8. The number of aromatic nitrogens is 3. The Hall–Kier alpha value is -2.93. The van der Waals surface area contributed by atoms with Crippen molar-refractivity contribution in [2.45, 2.75) is 57.7 Å². The van der Waals surface area contributed by atoms with E-state index in [0.717, 1.165) is 53.6 Å². The van der Waals surface area contributed by atoms with Gasteiger partial charge in [0.15, 0.2) is 0 Å². The van der Waals surface area contributed by atoms with Gasteiger partial charge in [-0.15, -0.1) is 0 Å². The highest BCUT2D eigenvalue weighted by Gasteiger charge is 2.29. The van der Waals surface area contributed by atoms with Gasteiger partial charge in [0.2, 0.25) is 5.82 Å². The van der Waals surface area contributed by atoms with Gasteiger partial charge < -0.3 is 9.56 Å². The summed E-state index contributed by atoms with van der Waals surface area (Å²) in [5, 5.41) is 14.6. The SMILES string of the molecule is CCN(CC)N(c1c(CS(=O)[O-])cnc2ccc(-c3cnc(C#N)nc3)cc12)C1CCCCC1. The smallest absolute Gasteiger partial charge is 0.232 e. The zero-order valence-corrected chi connectivity index (χ0v) is 20.4. The molecular formula is C25H29N6O2S-. The molecule has 3 aromatic rings. The summed E-state index contributed by atoms with van der Waals surface area (Å²) in [7, 11) is 0. The van der Waals surface area contributed by atoms with Crippen LogP contribution in [0.4, 0.5) is 5.69 Å². The van der Waals surface area contributed by atoms with Crippen LogP contribution in [0.5, 0.6) is 0 Å². The van der Waals surface area contributed by atoms with Crippen LogP contribution in [0.25, 0.3) is 22.0 Å². The fraction of sp³-hybridized carbons (Fsp3) is 0.440. The Morgan fingerprint density at radius 1 is 1.06 bits per heavy atom. The van der Waals surface area contributed by atoms with Crippen LogP contribution in [0, 0.1) is 11.3 Å². The van der Waals surface area contributed by atoms with Gasteiger partial charge in [0.25, 0.3) is 0 Å². The number of hydrogen-bond donors (Lipinski definition) is 0. The quantitative estimate of drug-likeness (QED) is 0.348. The minimum absolute atomic E-state index is 0.0903. The lowest BCUT2D eigenvalue weighted by molar-refractivity contribution is 0.220. The first-order chi connectivity index (χ1) is 16.5. The molecule has 0 amide bonds. The lowest BCUT2D eigenvalue weighted by atomic mass is 9.93. The van der Waals surface area contributed by atoms with Crippen LogP contribution in [-0.2, 0) is 16.8 Å². The fourth-order valence-electron chi connectivity index (χ4n) is 4.85. The van der Waals surface area contributed by atoms with Crippen molar-refractivity contribution >= 4 is 27.7 Å². The van der Waals surface area contributed by atoms with E-state index in [1.165, 1.54) is 19.3 Å². The second kappa shape index (κ2) is 11.0. The summed E-state index contributed by atoms with van der Waals surface area (Å²) in [6.45, 7) is 5.90. The van der Waals surface area contributed by atoms with E-state index in [1.807, 2.05) is 24.3 Å². The van der Waals surface area contributed by atoms with Crippen LogP contribution in [0.2, 0.25) is 0 Å². The molecule has 0 bridgehead atoms. The van der Waals surface area contributed by atoms with Gasteiger partial charge in [-0.25, -0.2) is 15.0 Å². The molecule has 1 fully saturated rings. The minimum Gasteiger partial charge on any atom is -0.772 e. The van der Waals surface area contributed by atoms with E-state index in [4.69, 9.17) is 5.26 Å². The molecule has 0 N–H and O–H groups in total. The maximum absolute atomic E-state index is 11.8. The maximum Gasteiger partial charge on any atom is 0.232 e. The summed E-state index contributed by atoms with van der Waals surface area (Å²) in [5.74, 6) is 0.0320. The molecule has 1 atom stereocenters. The van der Waals surface area contributed by atoms with E-state index in [9.17, 15) is 8.76 Å². The van der Waals surface area contributed by atoms with Crippen LogP contribution in [0.1, 0.15) is 57.3 Å². The van der Waals surface area contributed by atoms with Crippen molar-refractivity contribution in [1.29, 1.82) is 5.26 Å². The lowest BCUT2D eigenvalue weighted by Gasteiger charge is -2.44. The van der Waals surface area contributed by atoms with Crippen LogP contribution in [0.15, 0.2) is 36.8 Å². The third-order valence-electron chi connectivity index (χ3n) is 6.46. The molecule has 2 heterocycles.